The number of carboxylic acids is 1. The summed E-state index contributed by atoms with van der Waals surface area (Å²) in [5.41, 5.74) is 0.431. The summed E-state index contributed by atoms with van der Waals surface area (Å²) in [6.45, 7) is 0. The quantitative estimate of drug-likeness (QED) is 0.0687. The number of aromatic hydroxyl groups is 4. The fourth-order valence-electron chi connectivity index (χ4n) is 3.07. The van der Waals surface area contributed by atoms with Crippen molar-refractivity contribution in [3.05, 3.63) is 59.7 Å². The van der Waals surface area contributed by atoms with Crippen molar-refractivity contribution < 1.29 is 68.8 Å². The predicted molar refractivity (Wildman–Crippen MR) is 133 cm³/mol. The summed E-state index contributed by atoms with van der Waals surface area (Å²) in [6, 6.07) is 7.08. The molecule has 0 bridgehead atoms. The van der Waals surface area contributed by atoms with E-state index in [1.165, 1.54) is 12.1 Å². The lowest BCUT2D eigenvalue weighted by molar-refractivity contribution is -0.182. The van der Waals surface area contributed by atoms with Crippen LogP contribution >= 0.6 is 0 Å². The minimum Gasteiger partial charge on any atom is -0.504 e. The first-order valence-corrected chi connectivity index (χ1v) is 11.2. The number of carboxylic acid groups (broad SMARTS) is 1. The molecule has 2 aromatic carbocycles. The van der Waals surface area contributed by atoms with Crippen LogP contribution in [0.25, 0.3) is 12.2 Å². The highest BCUT2D eigenvalue weighted by atomic mass is 16.6. The maximum absolute atomic E-state index is 12.5. The molecule has 0 saturated carbocycles. The number of aliphatic hydroxyl groups excluding tert-OH is 1. The second-order valence-corrected chi connectivity index (χ2v) is 7.94. The molecule has 2 rings (SSSR count). The molecule has 0 aliphatic carbocycles. The molecule has 0 aliphatic heterocycles. The first-order valence-electron chi connectivity index (χ1n) is 11.2. The van der Waals surface area contributed by atoms with Crippen molar-refractivity contribution in [1.29, 1.82) is 0 Å². The second kappa shape index (κ2) is 14.0. The second-order valence-electron chi connectivity index (χ2n) is 7.94. The molecule has 0 radical (unpaired) electrons. The summed E-state index contributed by atoms with van der Waals surface area (Å²) < 4.78 is 14.5. The van der Waals surface area contributed by atoms with E-state index in [4.69, 9.17) is 14.6 Å². The Hall–Kier alpha value is -5.37. The Balaban J connectivity index is 2.34. The van der Waals surface area contributed by atoms with Gasteiger partial charge in [-0.15, -0.1) is 0 Å². The van der Waals surface area contributed by atoms with Crippen LogP contribution in [0, 0.1) is 0 Å². The number of benzene rings is 2. The standard InChI is InChI=1S/C26H24O14/c1-38-26(37)23(34)24(40-22(33)9-5-14-3-7-16(28)18(30)11-14)20(12-19(31)25(35)36)39-21(32)8-4-13-2-6-15(27)17(29)10-13/h2-11,20,23-24,27-30,34H,12H2,1H3,(H,35,36). The summed E-state index contributed by atoms with van der Waals surface area (Å²) in [5.74, 6) is -9.16. The topological polar surface area (TPSA) is 234 Å². The molecule has 0 spiro atoms. The van der Waals surface area contributed by atoms with Gasteiger partial charge >= 0.3 is 23.9 Å². The largest absolute Gasteiger partial charge is 0.504 e. The van der Waals surface area contributed by atoms with E-state index < -0.39 is 77.4 Å². The third kappa shape index (κ3) is 8.88. The van der Waals surface area contributed by atoms with E-state index >= 15 is 0 Å². The fraction of sp³-hybridized carbons (Fsp3) is 0.192. The van der Waals surface area contributed by atoms with Gasteiger partial charge < -0.3 is 44.8 Å². The molecule has 0 heterocycles. The molecular weight excluding hydrogens is 536 g/mol. The van der Waals surface area contributed by atoms with Crippen LogP contribution in [0.1, 0.15) is 17.5 Å². The van der Waals surface area contributed by atoms with Gasteiger partial charge in [0.25, 0.3) is 0 Å². The molecule has 0 fully saturated rings. The molecule has 212 valence electrons. The molecule has 14 heteroatoms. The average molecular weight is 560 g/mol. The van der Waals surface area contributed by atoms with Crippen molar-refractivity contribution in [3.63, 3.8) is 0 Å². The van der Waals surface area contributed by atoms with Crippen LogP contribution in [-0.2, 0) is 38.2 Å². The van der Waals surface area contributed by atoms with Crippen LogP contribution in [-0.4, -0.2) is 85.7 Å². The number of rotatable bonds is 12. The van der Waals surface area contributed by atoms with E-state index in [1.54, 1.807) is 0 Å². The Morgan fingerprint density at radius 1 is 0.775 bits per heavy atom. The van der Waals surface area contributed by atoms with E-state index in [0.29, 0.717) is 0 Å². The first-order chi connectivity index (χ1) is 18.8. The number of aliphatic hydroxyl groups is 1. The van der Waals surface area contributed by atoms with E-state index in [-0.39, 0.29) is 11.1 Å². The van der Waals surface area contributed by atoms with Crippen LogP contribution in [0.5, 0.6) is 23.0 Å². The Bertz CT molecular complexity index is 1340. The highest BCUT2D eigenvalue weighted by molar-refractivity contribution is 6.32. The zero-order chi connectivity index (χ0) is 30.0. The van der Waals surface area contributed by atoms with Gasteiger partial charge in [-0.05, 0) is 47.5 Å². The number of hydrogen-bond acceptors (Lipinski definition) is 13. The zero-order valence-electron chi connectivity index (χ0n) is 20.7. The normalized spacial score (nSPS) is 13.3. The lowest BCUT2D eigenvalue weighted by Gasteiger charge is -2.28. The minimum absolute atomic E-state index is 0.215. The number of esters is 3. The van der Waals surface area contributed by atoms with Gasteiger partial charge in [0.1, 0.15) is 6.10 Å². The molecule has 0 aliphatic rings. The number of phenolic OH excluding ortho intramolecular Hbond substituents is 4. The average Bonchev–Trinajstić information content (AvgIpc) is 2.91. The number of Topliss-reactive ketones (excluding diaryl/α,β-unsaturated/α-hetero) is 1. The van der Waals surface area contributed by atoms with E-state index in [9.17, 15) is 49.5 Å². The lowest BCUT2D eigenvalue weighted by Crippen LogP contribution is -2.48. The molecule has 0 saturated heterocycles. The number of ether oxygens (including phenoxy) is 3. The van der Waals surface area contributed by atoms with Gasteiger partial charge in [-0.25, -0.2) is 19.2 Å². The summed E-state index contributed by atoms with van der Waals surface area (Å²) in [5, 5.41) is 57.3. The number of ketones is 1. The van der Waals surface area contributed by atoms with Gasteiger partial charge in [0, 0.05) is 12.2 Å². The van der Waals surface area contributed by atoms with Gasteiger partial charge in [0.2, 0.25) is 5.78 Å². The molecule has 0 amide bonds. The number of aliphatic carboxylic acids is 1. The molecule has 0 aromatic heterocycles. The Labute approximate surface area is 225 Å². The van der Waals surface area contributed by atoms with Crippen LogP contribution in [0.4, 0.5) is 0 Å². The Morgan fingerprint density at radius 3 is 1.68 bits per heavy atom. The van der Waals surface area contributed by atoms with Crippen LogP contribution in [0.3, 0.4) is 0 Å². The van der Waals surface area contributed by atoms with E-state index in [1.807, 2.05) is 0 Å². The predicted octanol–water partition coefficient (Wildman–Crippen LogP) is 0.637. The summed E-state index contributed by atoms with van der Waals surface area (Å²) in [6.07, 6.45) is -3.81. The number of carbonyl (C=O) groups is 5. The van der Waals surface area contributed by atoms with Crippen LogP contribution in [0.2, 0.25) is 0 Å². The molecule has 2 aromatic rings. The summed E-state index contributed by atoms with van der Waals surface area (Å²) in [4.78, 5) is 60.1. The third-order valence-corrected chi connectivity index (χ3v) is 5.09. The maximum Gasteiger partial charge on any atom is 0.372 e. The number of phenols is 4. The SMILES string of the molecule is COC(=O)C(O)C(OC(=O)C=Cc1ccc(O)c(O)c1)C(CC(=O)C(=O)O)OC(=O)C=Cc1ccc(O)c(O)c1. The summed E-state index contributed by atoms with van der Waals surface area (Å²) >= 11 is 0. The van der Waals surface area contributed by atoms with Gasteiger partial charge in [0.15, 0.2) is 35.2 Å². The highest BCUT2D eigenvalue weighted by Gasteiger charge is 2.41. The molecular formula is C26H24O14. The fourth-order valence-corrected chi connectivity index (χ4v) is 3.07. The third-order valence-electron chi connectivity index (χ3n) is 5.09. The van der Waals surface area contributed by atoms with Crippen molar-refractivity contribution in [3.8, 4) is 23.0 Å². The van der Waals surface area contributed by atoms with Crippen molar-refractivity contribution >= 4 is 41.8 Å². The van der Waals surface area contributed by atoms with Crippen molar-refractivity contribution in [2.75, 3.05) is 7.11 Å². The number of carbonyl (C=O) groups excluding carboxylic acids is 4. The summed E-state index contributed by atoms with van der Waals surface area (Å²) in [7, 11) is 0.876. The minimum atomic E-state index is -2.34. The monoisotopic (exact) mass is 560 g/mol. The van der Waals surface area contributed by atoms with E-state index in [0.717, 1.165) is 55.7 Å². The van der Waals surface area contributed by atoms with E-state index in [2.05, 4.69) is 4.74 Å². The molecule has 3 atom stereocenters. The lowest BCUT2D eigenvalue weighted by atomic mass is 10.0. The van der Waals surface area contributed by atoms with Gasteiger partial charge in [-0.3, -0.25) is 4.79 Å². The molecule has 14 nitrogen and oxygen atoms in total. The van der Waals surface area contributed by atoms with Gasteiger partial charge in [-0.1, -0.05) is 12.1 Å². The zero-order valence-corrected chi connectivity index (χ0v) is 20.7. The van der Waals surface area contributed by atoms with Crippen molar-refractivity contribution in [2.24, 2.45) is 0 Å². The molecule has 6 N–H and O–H groups in total. The maximum atomic E-state index is 12.5. The first kappa shape index (κ1) is 30.9. The number of methoxy groups -OCH3 is 1. The molecule has 3 unspecified atom stereocenters. The van der Waals surface area contributed by atoms with Gasteiger partial charge in [0.05, 0.1) is 13.5 Å². The van der Waals surface area contributed by atoms with Gasteiger partial charge in [-0.2, -0.15) is 0 Å². The Kier molecular flexibility index (Phi) is 10.8. The smallest absolute Gasteiger partial charge is 0.372 e. The van der Waals surface area contributed by atoms with Crippen LogP contribution in [0.15, 0.2) is 48.6 Å². The Morgan fingerprint density at radius 2 is 1.25 bits per heavy atom. The van der Waals surface area contributed by atoms with Crippen molar-refractivity contribution in [1.82, 2.24) is 0 Å². The van der Waals surface area contributed by atoms with Crippen LogP contribution < -0.4 is 0 Å². The molecule has 40 heavy (non-hydrogen) atoms. The highest BCUT2D eigenvalue weighted by Crippen LogP contribution is 2.26. The van der Waals surface area contributed by atoms with Crippen molar-refractivity contribution in [2.45, 2.75) is 24.7 Å². The number of hydrogen-bond donors (Lipinski definition) is 6.